The van der Waals surface area contributed by atoms with Gasteiger partial charge in [-0.25, -0.2) is 0 Å². The number of anilines is 1. The van der Waals surface area contributed by atoms with E-state index in [0.717, 1.165) is 12.2 Å². The molecule has 0 aromatic carbocycles. The predicted molar refractivity (Wildman–Crippen MR) is 75.6 cm³/mol. The number of hydrogen-bond donors (Lipinski definition) is 1. The van der Waals surface area contributed by atoms with Crippen molar-refractivity contribution in [3.05, 3.63) is 24.0 Å². The van der Waals surface area contributed by atoms with Crippen molar-refractivity contribution in [1.29, 1.82) is 0 Å². The van der Waals surface area contributed by atoms with E-state index in [1.165, 1.54) is 11.4 Å². The van der Waals surface area contributed by atoms with Crippen LogP contribution >= 0.6 is 11.8 Å². The lowest BCUT2D eigenvalue weighted by Crippen LogP contribution is -2.44. The van der Waals surface area contributed by atoms with Gasteiger partial charge in [0.2, 0.25) is 0 Å². The predicted octanol–water partition coefficient (Wildman–Crippen LogP) is 2.43. The molecule has 1 aliphatic rings. The van der Waals surface area contributed by atoms with Gasteiger partial charge in [0.15, 0.2) is 0 Å². The normalized spacial score (nSPS) is 26.9. The lowest BCUT2D eigenvalue weighted by molar-refractivity contribution is 0.625. The van der Waals surface area contributed by atoms with Gasteiger partial charge >= 0.3 is 0 Å². The molecule has 1 fully saturated rings. The Morgan fingerprint density at radius 3 is 2.82 bits per heavy atom. The van der Waals surface area contributed by atoms with Crippen LogP contribution in [0, 0.1) is 0 Å². The van der Waals surface area contributed by atoms with Crippen molar-refractivity contribution in [3.8, 4) is 0 Å². The zero-order chi connectivity index (χ0) is 12.4. The van der Waals surface area contributed by atoms with Crippen LogP contribution in [0.1, 0.15) is 32.5 Å². The van der Waals surface area contributed by atoms with Gasteiger partial charge in [0.05, 0.1) is 17.6 Å². The molecule has 1 aromatic rings. The Hall–Kier alpha value is -0.740. The quantitative estimate of drug-likeness (QED) is 0.876. The molecule has 2 heterocycles. The summed E-state index contributed by atoms with van der Waals surface area (Å²) in [6.07, 6.45) is 1.96. The summed E-state index contributed by atoms with van der Waals surface area (Å²) in [4.78, 5) is 6.88. The molecule has 3 atom stereocenters. The van der Waals surface area contributed by atoms with Crippen LogP contribution in [0.3, 0.4) is 0 Å². The van der Waals surface area contributed by atoms with Crippen molar-refractivity contribution >= 4 is 17.4 Å². The first-order chi connectivity index (χ1) is 8.09. The summed E-state index contributed by atoms with van der Waals surface area (Å²) in [6.45, 7) is 7.65. The van der Waals surface area contributed by atoms with E-state index in [0.29, 0.717) is 11.3 Å². The molecule has 3 nitrogen and oxygen atoms in total. The molecule has 94 valence electrons. The monoisotopic (exact) mass is 251 g/mol. The highest BCUT2D eigenvalue weighted by molar-refractivity contribution is 8.00. The number of rotatable bonds is 2. The van der Waals surface area contributed by atoms with Crippen molar-refractivity contribution in [2.24, 2.45) is 5.73 Å². The van der Waals surface area contributed by atoms with Gasteiger partial charge in [0.1, 0.15) is 0 Å². The largest absolute Gasteiger partial charge is 0.366 e. The van der Waals surface area contributed by atoms with E-state index in [9.17, 15) is 0 Å². The molecule has 0 spiro atoms. The Balaban J connectivity index is 2.16. The topological polar surface area (TPSA) is 42.1 Å². The highest BCUT2D eigenvalue weighted by Crippen LogP contribution is 2.28. The zero-order valence-electron chi connectivity index (χ0n) is 10.8. The van der Waals surface area contributed by atoms with Crippen LogP contribution in [-0.4, -0.2) is 28.6 Å². The van der Waals surface area contributed by atoms with Crippen LogP contribution in [-0.2, 0) is 0 Å². The summed E-state index contributed by atoms with van der Waals surface area (Å²) in [7, 11) is 0. The van der Waals surface area contributed by atoms with E-state index in [1.807, 2.05) is 19.2 Å². The Morgan fingerprint density at radius 1 is 1.47 bits per heavy atom. The van der Waals surface area contributed by atoms with Crippen LogP contribution in [0.25, 0.3) is 0 Å². The fraction of sp³-hybridized carbons (Fsp3) is 0.615. The second kappa shape index (κ2) is 5.27. The van der Waals surface area contributed by atoms with Gasteiger partial charge in [0, 0.05) is 29.6 Å². The standard InChI is InChI=1S/C13H21N3S/c1-9(14)13-5-4-12(8-15-13)16-6-7-17-11(3)10(16)2/h4-5,8-11H,6-7,14H2,1-3H3/t9-,10?,11?/m0/s1. The van der Waals surface area contributed by atoms with Gasteiger partial charge < -0.3 is 10.6 Å². The average molecular weight is 251 g/mol. The van der Waals surface area contributed by atoms with Crippen LogP contribution in [0.15, 0.2) is 18.3 Å². The molecule has 0 aliphatic carbocycles. The van der Waals surface area contributed by atoms with Crippen molar-refractivity contribution in [1.82, 2.24) is 4.98 Å². The van der Waals surface area contributed by atoms with E-state index in [-0.39, 0.29) is 6.04 Å². The Kier molecular flexibility index (Phi) is 3.94. The van der Waals surface area contributed by atoms with E-state index >= 15 is 0 Å². The van der Waals surface area contributed by atoms with Gasteiger partial charge in [-0.15, -0.1) is 0 Å². The van der Waals surface area contributed by atoms with Crippen LogP contribution in [0.4, 0.5) is 5.69 Å². The summed E-state index contributed by atoms with van der Waals surface area (Å²) in [5, 5.41) is 0.678. The third kappa shape index (κ3) is 2.75. The van der Waals surface area contributed by atoms with Crippen molar-refractivity contribution < 1.29 is 0 Å². The molecule has 2 unspecified atom stereocenters. The number of hydrogen-bond acceptors (Lipinski definition) is 4. The summed E-state index contributed by atoms with van der Waals surface area (Å²) in [5.41, 5.74) is 7.99. The maximum atomic E-state index is 5.81. The first kappa shape index (κ1) is 12.7. The highest BCUT2D eigenvalue weighted by atomic mass is 32.2. The average Bonchev–Trinajstić information content (AvgIpc) is 2.33. The Bertz CT molecular complexity index is 363. The molecule has 0 radical (unpaired) electrons. The minimum Gasteiger partial charge on any atom is -0.366 e. The zero-order valence-corrected chi connectivity index (χ0v) is 11.6. The van der Waals surface area contributed by atoms with E-state index in [2.05, 4.69) is 41.6 Å². The fourth-order valence-electron chi connectivity index (χ4n) is 2.13. The van der Waals surface area contributed by atoms with E-state index < -0.39 is 0 Å². The SMILES string of the molecule is CC1SCCN(c2ccc([C@H](C)N)nc2)C1C. The summed E-state index contributed by atoms with van der Waals surface area (Å²) in [5.74, 6) is 1.19. The lowest BCUT2D eigenvalue weighted by atomic mass is 10.1. The molecule has 1 saturated heterocycles. The molecular formula is C13H21N3S. The maximum absolute atomic E-state index is 5.81. The van der Waals surface area contributed by atoms with Gasteiger partial charge in [-0.05, 0) is 26.0 Å². The lowest BCUT2D eigenvalue weighted by Gasteiger charge is -2.39. The molecule has 1 aliphatic heterocycles. The summed E-state index contributed by atoms with van der Waals surface area (Å²) in [6, 6.07) is 4.76. The molecule has 0 amide bonds. The first-order valence-electron chi connectivity index (χ1n) is 6.19. The number of aromatic nitrogens is 1. The van der Waals surface area contributed by atoms with E-state index in [4.69, 9.17) is 5.73 Å². The molecule has 4 heteroatoms. The van der Waals surface area contributed by atoms with Gasteiger partial charge in [-0.1, -0.05) is 6.92 Å². The summed E-state index contributed by atoms with van der Waals surface area (Å²) < 4.78 is 0. The highest BCUT2D eigenvalue weighted by Gasteiger charge is 2.25. The van der Waals surface area contributed by atoms with Crippen molar-refractivity contribution in [2.45, 2.75) is 38.1 Å². The molecule has 2 N–H and O–H groups in total. The number of nitrogens with two attached hydrogens (primary N) is 1. The second-order valence-electron chi connectivity index (χ2n) is 4.74. The van der Waals surface area contributed by atoms with Crippen LogP contribution < -0.4 is 10.6 Å². The molecule has 0 bridgehead atoms. The Labute approximate surface area is 108 Å². The smallest absolute Gasteiger partial charge is 0.0569 e. The van der Waals surface area contributed by atoms with Gasteiger partial charge in [-0.3, -0.25) is 4.98 Å². The number of nitrogens with zero attached hydrogens (tertiary/aromatic N) is 2. The fourth-order valence-corrected chi connectivity index (χ4v) is 3.23. The molecule has 0 saturated carbocycles. The number of pyridine rings is 1. The maximum Gasteiger partial charge on any atom is 0.0569 e. The summed E-state index contributed by atoms with van der Waals surface area (Å²) >= 11 is 2.05. The van der Waals surface area contributed by atoms with Crippen LogP contribution in [0.2, 0.25) is 0 Å². The van der Waals surface area contributed by atoms with Crippen LogP contribution in [0.5, 0.6) is 0 Å². The third-order valence-electron chi connectivity index (χ3n) is 3.45. The molecular weight excluding hydrogens is 230 g/mol. The minimum absolute atomic E-state index is 0.0114. The van der Waals surface area contributed by atoms with E-state index in [1.54, 1.807) is 0 Å². The molecule has 17 heavy (non-hydrogen) atoms. The molecule has 2 rings (SSSR count). The second-order valence-corrected chi connectivity index (χ2v) is 6.22. The third-order valence-corrected chi connectivity index (χ3v) is 4.79. The van der Waals surface area contributed by atoms with Crippen molar-refractivity contribution in [2.75, 3.05) is 17.2 Å². The Morgan fingerprint density at radius 2 is 2.24 bits per heavy atom. The van der Waals surface area contributed by atoms with Crippen molar-refractivity contribution in [3.63, 3.8) is 0 Å². The first-order valence-corrected chi connectivity index (χ1v) is 7.24. The van der Waals surface area contributed by atoms with Gasteiger partial charge in [0.25, 0.3) is 0 Å². The minimum atomic E-state index is 0.0114. The molecule has 1 aromatic heterocycles. The number of thioether (sulfide) groups is 1. The van der Waals surface area contributed by atoms with Gasteiger partial charge in [-0.2, -0.15) is 11.8 Å².